The lowest BCUT2D eigenvalue weighted by Crippen LogP contribution is -2.40. The van der Waals surface area contributed by atoms with Crippen LogP contribution in [0.4, 0.5) is 0 Å². The topological polar surface area (TPSA) is 80.1 Å². The fourth-order valence-electron chi connectivity index (χ4n) is 3.79. The molecule has 6 heteroatoms. The van der Waals surface area contributed by atoms with E-state index in [1.54, 1.807) is 0 Å². The molecule has 0 saturated carbocycles. The lowest BCUT2D eigenvalue weighted by atomic mass is 9.98. The predicted octanol–water partition coefficient (Wildman–Crippen LogP) is 3.16. The number of ether oxygens (including phenoxy) is 1. The summed E-state index contributed by atoms with van der Waals surface area (Å²) in [7, 11) is 0. The number of rotatable bonds is 7. The maximum atomic E-state index is 12.4. The standard InChI is InChI=1S/C21H25N3O3/c1-14-9-17(27-24-14)10-16-12-26-13-20(16)23-21(25)8-4-5-15-11-22-19-7-3-2-6-18(15)19/h2-3,6-7,9,11,16,20,22H,4-5,8,10,12-13H2,1H3,(H,23,25). The van der Waals surface area contributed by atoms with E-state index in [9.17, 15) is 4.79 Å². The Morgan fingerprint density at radius 3 is 3.07 bits per heavy atom. The molecule has 2 atom stereocenters. The van der Waals surface area contributed by atoms with Crippen LogP contribution in [0.1, 0.15) is 29.9 Å². The molecule has 142 valence electrons. The van der Waals surface area contributed by atoms with Crippen LogP contribution in [0, 0.1) is 12.8 Å². The Labute approximate surface area is 158 Å². The van der Waals surface area contributed by atoms with Crippen molar-refractivity contribution in [1.29, 1.82) is 0 Å². The van der Waals surface area contributed by atoms with Crippen LogP contribution in [0.25, 0.3) is 10.9 Å². The largest absolute Gasteiger partial charge is 0.379 e. The first-order valence-corrected chi connectivity index (χ1v) is 9.53. The average Bonchev–Trinajstić information content (AvgIpc) is 3.37. The molecule has 0 spiro atoms. The number of hydrogen-bond donors (Lipinski definition) is 2. The molecule has 1 aliphatic rings. The van der Waals surface area contributed by atoms with E-state index in [4.69, 9.17) is 9.26 Å². The molecule has 2 aromatic heterocycles. The van der Waals surface area contributed by atoms with Crippen molar-refractivity contribution in [1.82, 2.24) is 15.5 Å². The van der Waals surface area contributed by atoms with E-state index in [1.807, 2.05) is 31.3 Å². The molecular weight excluding hydrogens is 342 g/mol. The van der Waals surface area contributed by atoms with Gasteiger partial charge in [-0.25, -0.2) is 0 Å². The second kappa shape index (κ2) is 7.96. The maximum absolute atomic E-state index is 12.4. The number of aromatic amines is 1. The molecule has 3 aromatic rings. The van der Waals surface area contributed by atoms with E-state index in [0.717, 1.165) is 36.2 Å². The smallest absolute Gasteiger partial charge is 0.220 e. The lowest BCUT2D eigenvalue weighted by molar-refractivity contribution is -0.122. The van der Waals surface area contributed by atoms with Gasteiger partial charge in [0, 0.05) is 41.9 Å². The molecule has 1 aliphatic heterocycles. The second-order valence-corrected chi connectivity index (χ2v) is 7.32. The fourth-order valence-corrected chi connectivity index (χ4v) is 3.79. The average molecular weight is 367 g/mol. The van der Waals surface area contributed by atoms with Crippen LogP contribution in [0.15, 0.2) is 41.1 Å². The minimum atomic E-state index is 0.0380. The van der Waals surface area contributed by atoms with Crippen LogP contribution in [-0.2, 0) is 22.4 Å². The summed E-state index contributed by atoms with van der Waals surface area (Å²) in [5.74, 6) is 1.17. The van der Waals surface area contributed by atoms with Crippen molar-refractivity contribution in [3.8, 4) is 0 Å². The third kappa shape index (κ3) is 4.22. The molecule has 0 aliphatic carbocycles. The van der Waals surface area contributed by atoms with E-state index in [-0.39, 0.29) is 17.9 Å². The van der Waals surface area contributed by atoms with E-state index < -0.39 is 0 Å². The van der Waals surface area contributed by atoms with Gasteiger partial charge in [0.05, 0.1) is 24.9 Å². The number of aryl methyl sites for hydroxylation is 2. The molecule has 1 saturated heterocycles. The normalized spacial score (nSPS) is 19.6. The molecule has 27 heavy (non-hydrogen) atoms. The summed E-state index contributed by atoms with van der Waals surface area (Å²) in [6, 6.07) is 10.2. The quantitative estimate of drug-likeness (QED) is 0.672. The Balaban J connectivity index is 1.26. The molecule has 1 amide bonds. The minimum Gasteiger partial charge on any atom is -0.379 e. The van der Waals surface area contributed by atoms with Crippen LogP contribution < -0.4 is 5.32 Å². The highest BCUT2D eigenvalue weighted by Crippen LogP contribution is 2.21. The first kappa shape index (κ1) is 17.8. The predicted molar refractivity (Wildman–Crippen MR) is 102 cm³/mol. The van der Waals surface area contributed by atoms with Crippen molar-refractivity contribution in [2.45, 2.75) is 38.6 Å². The zero-order chi connectivity index (χ0) is 18.6. The van der Waals surface area contributed by atoms with E-state index in [1.165, 1.54) is 10.9 Å². The number of para-hydroxylation sites is 1. The van der Waals surface area contributed by atoms with Crippen molar-refractivity contribution in [3.05, 3.63) is 53.5 Å². The van der Waals surface area contributed by atoms with Gasteiger partial charge in [0.1, 0.15) is 5.76 Å². The van der Waals surface area contributed by atoms with Gasteiger partial charge in [-0.3, -0.25) is 4.79 Å². The fraction of sp³-hybridized carbons (Fsp3) is 0.429. The summed E-state index contributed by atoms with van der Waals surface area (Å²) in [4.78, 5) is 15.7. The molecule has 1 aromatic carbocycles. The number of benzene rings is 1. The molecule has 1 fully saturated rings. The second-order valence-electron chi connectivity index (χ2n) is 7.32. The van der Waals surface area contributed by atoms with Crippen LogP contribution in [-0.4, -0.2) is 35.3 Å². The zero-order valence-corrected chi connectivity index (χ0v) is 15.5. The number of amides is 1. The number of nitrogens with one attached hydrogen (secondary N) is 2. The van der Waals surface area contributed by atoms with E-state index in [2.05, 4.69) is 27.6 Å². The number of fused-ring (bicyclic) bond motifs is 1. The summed E-state index contributed by atoms with van der Waals surface area (Å²) in [6.45, 7) is 3.11. The van der Waals surface area contributed by atoms with E-state index >= 15 is 0 Å². The molecular formula is C21H25N3O3. The number of hydrogen-bond acceptors (Lipinski definition) is 4. The van der Waals surface area contributed by atoms with Gasteiger partial charge < -0.3 is 19.6 Å². The van der Waals surface area contributed by atoms with Crippen LogP contribution in [0.5, 0.6) is 0 Å². The molecule has 4 rings (SSSR count). The van der Waals surface area contributed by atoms with Gasteiger partial charge in [-0.15, -0.1) is 0 Å². The molecule has 0 bridgehead atoms. The lowest BCUT2D eigenvalue weighted by Gasteiger charge is -2.18. The molecule has 6 nitrogen and oxygen atoms in total. The number of nitrogens with zero attached hydrogens (tertiary/aromatic N) is 1. The van der Waals surface area contributed by atoms with Crippen molar-refractivity contribution >= 4 is 16.8 Å². The summed E-state index contributed by atoms with van der Waals surface area (Å²) in [5, 5.41) is 8.31. The highest BCUT2D eigenvalue weighted by Gasteiger charge is 2.30. The van der Waals surface area contributed by atoms with Crippen molar-refractivity contribution in [2.24, 2.45) is 5.92 Å². The van der Waals surface area contributed by atoms with Crippen molar-refractivity contribution in [3.63, 3.8) is 0 Å². The Kier molecular flexibility index (Phi) is 5.25. The summed E-state index contributed by atoms with van der Waals surface area (Å²) < 4.78 is 10.9. The summed E-state index contributed by atoms with van der Waals surface area (Å²) in [5.41, 5.74) is 3.29. The van der Waals surface area contributed by atoms with Gasteiger partial charge in [-0.1, -0.05) is 23.4 Å². The number of H-pyrrole nitrogens is 1. The summed E-state index contributed by atoms with van der Waals surface area (Å²) in [6.07, 6.45) is 5.01. The highest BCUT2D eigenvalue weighted by molar-refractivity contribution is 5.83. The maximum Gasteiger partial charge on any atom is 0.220 e. The van der Waals surface area contributed by atoms with Crippen LogP contribution >= 0.6 is 0 Å². The molecule has 0 radical (unpaired) electrons. The number of carbonyl (C=O) groups excluding carboxylic acids is 1. The number of aromatic nitrogens is 2. The zero-order valence-electron chi connectivity index (χ0n) is 15.5. The minimum absolute atomic E-state index is 0.0380. The third-order valence-corrected chi connectivity index (χ3v) is 5.21. The first-order chi connectivity index (χ1) is 13.2. The van der Waals surface area contributed by atoms with E-state index in [0.29, 0.717) is 19.6 Å². The first-order valence-electron chi connectivity index (χ1n) is 9.53. The Bertz CT molecular complexity index is 914. The van der Waals surface area contributed by atoms with Gasteiger partial charge in [0.25, 0.3) is 0 Å². The Hall–Kier alpha value is -2.60. The SMILES string of the molecule is Cc1cc(CC2COCC2NC(=O)CCCc2c[nH]c3ccccc23)on1. The van der Waals surface area contributed by atoms with Gasteiger partial charge in [-0.2, -0.15) is 0 Å². The Morgan fingerprint density at radius 1 is 1.33 bits per heavy atom. The highest BCUT2D eigenvalue weighted by atomic mass is 16.5. The Morgan fingerprint density at radius 2 is 2.22 bits per heavy atom. The number of carbonyl (C=O) groups is 1. The van der Waals surface area contributed by atoms with Crippen LogP contribution in [0.3, 0.4) is 0 Å². The van der Waals surface area contributed by atoms with Crippen LogP contribution in [0.2, 0.25) is 0 Å². The molecule has 2 unspecified atom stereocenters. The van der Waals surface area contributed by atoms with Gasteiger partial charge >= 0.3 is 0 Å². The van der Waals surface area contributed by atoms with Gasteiger partial charge in [0.15, 0.2) is 0 Å². The summed E-state index contributed by atoms with van der Waals surface area (Å²) >= 11 is 0. The van der Waals surface area contributed by atoms with Crippen molar-refractivity contribution < 1.29 is 14.1 Å². The monoisotopic (exact) mass is 367 g/mol. The third-order valence-electron chi connectivity index (χ3n) is 5.21. The molecule has 2 N–H and O–H groups in total. The van der Waals surface area contributed by atoms with Crippen molar-refractivity contribution in [2.75, 3.05) is 13.2 Å². The van der Waals surface area contributed by atoms with Gasteiger partial charge in [0.2, 0.25) is 5.91 Å². The van der Waals surface area contributed by atoms with Gasteiger partial charge in [-0.05, 0) is 31.4 Å². The molecule has 3 heterocycles.